The van der Waals surface area contributed by atoms with Crippen LogP contribution in [0.2, 0.25) is 0 Å². The molecule has 0 N–H and O–H groups in total. The molecule has 1 saturated heterocycles. The summed E-state index contributed by atoms with van der Waals surface area (Å²) in [4.78, 5) is 15.8. The van der Waals surface area contributed by atoms with Crippen molar-refractivity contribution in [2.24, 2.45) is 0 Å². The van der Waals surface area contributed by atoms with E-state index in [2.05, 4.69) is 38.7 Å². The lowest BCUT2D eigenvalue weighted by Gasteiger charge is -2.41. The van der Waals surface area contributed by atoms with Gasteiger partial charge in [-0.05, 0) is 43.4 Å². The number of halogens is 3. The molecule has 0 aromatic heterocycles. The van der Waals surface area contributed by atoms with Crippen molar-refractivity contribution >= 4 is 5.91 Å². The van der Waals surface area contributed by atoms with Crippen LogP contribution in [0, 0.1) is 0 Å². The molecular weight excluding hydrogens is 365 g/mol. The SMILES string of the molecule is CC(=O)N1CCN(C(C=C(C)C)CC(C)(C)c2ccc(C(F)(F)F)cc2)CC1. The van der Waals surface area contributed by atoms with E-state index in [1.165, 1.54) is 17.7 Å². The third kappa shape index (κ3) is 5.84. The lowest BCUT2D eigenvalue weighted by atomic mass is 9.78. The smallest absolute Gasteiger partial charge is 0.340 e. The Morgan fingerprint density at radius 3 is 1.93 bits per heavy atom. The lowest BCUT2D eigenvalue weighted by Crippen LogP contribution is -2.52. The monoisotopic (exact) mass is 396 g/mol. The van der Waals surface area contributed by atoms with Crippen molar-refractivity contribution < 1.29 is 18.0 Å². The largest absolute Gasteiger partial charge is 0.416 e. The van der Waals surface area contributed by atoms with Gasteiger partial charge in [0.1, 0.15) is 0 Å². The molecule has 1 aliphatic heterocycles. The third-order valence-electron chi connectivity index (χ3n) is 5.47. The Bertz CT molecular complexity index is 695. The van der Waals surface area contributed by atoms with Crippen LogP contribution in [0.1, 0.15) is 52.2 Å². The van der Waals surface area contributed by atoms with Crippen LogP contribution in [-0.2, 0) is 16.4 Å². The van der Waals surface area contributed by atoms with E-state index < -0.39 is 11.7 Å². The summed E-state index contributed by atoms with van der Waals surface area (Å²) in [7, 11) is 0. The Balaban J connectivity index is 2.16. The number of carbonyl (C=O) groups excluding carboxylic acids is 1. The molecule has 0 aliphatic carbocycles. The summed E-state index contributed by atoms with van der Waals surface area (Å²) in [6, 6.07) is 5.69. The molecule has 1 atom stereocenters. The van der Waals surface area contributed by atoms with Gasteiger partial charge in [-0.3, -0.25) is 9.69 Å². The normalized spacial score (nSPS) is 17.4. The highest BCUT2D eigenvalue weighted by Crippen LogP contribution is 2.34. The highest BCUT2D eigenvalue weighted by molar-refractivity contribution is 5.73. The molecule has 1 fully saturated rings. The molecule has 2 rings (SSSR count). The maximum atomic E-state index is 12.9. The standard InChI is InChI=1S/C22H31F3N2O/c1-16(2)14-20(27-12-10-26(11-13-27)17(3)28)15-21(4,5)18-6-8-19(9-7-18)22(23,24)25/h6-9,14,20H,10-13,15H2,1-5H3. The third-order valence-corrected chi connectivity index (χ3v) is 5.47. The molecule has 1 unspecified atom stereocenters. The second kappa shape index (κ2) is 8.68. The molecule has 0 radical (unpaired) electrons. The summed E-state index contributed by atoms with van der Waals surface area (Å²) in [6.45, 7) is 12.9. The fourth-order valence-corrected chi connectivity index (χ4v) is 3.80. The number of amides is 1. The molecule has 1 amide bonds. The van der Waals surface area contributed by atoms with Gasteiger partial charge in [0.05, 0.1) is 5.56 Å². The zero-order chi connectivity index (χ0) is 21.1. The fourth-order valence-electron chi connectivity index (χ4n) is 3.80. The van der Waals surface area contributed by atoms with Gasteiger partial charge >= 0.3 is 6.18 Å². The zero-order valence-corrected chi connectivity index (χ0v) is 17.4. The second-order valence-electron chi connectivity index (χ2n) is 8.52. The first-order chi connectivity index (χ1) is 12.9. The van der Waals surface area contributed by atoms with E-state index in [0.29, 0.717) is 13.1 Å². The van der Waals surface area contributed by atoms with Gasteiger partial charge in [-0.15, -0.1) is 0 Å². The molecule has 1 aliphatic rings. The topological polar surface area (TPSA) is 23.6 Å². The van der Waals surface area contributed by atoms with Crippen LogP contribution in [0.25, 0.3) is 0 Å². The summed E-state index contributed by atoms with van der Waals surface area (Å²) in [6.07, 6.45) is -1.29. The summed E-state index contributed by atoms with van der Waals surface area (Å²) >= 11 is 0. The van der Waals surface area contributed by atoms with Gasteiger partial charge in [0.2, 0.25) is 5.91 Å². The first-order valence-electron chi connectivity index (χ1n) is 9.72. The molecule has 3 nitrogen and oxygen atoms in total. The fraction of sp³-hybridized carbons (Fsp3) is 0.591. The number of nitrogens with zero attached hydrogens (tertiary/aromatic N) is 2. The minimum atomic E-state index is -4.32. The predicted octanol–water partition coefficient (Wildman–Crippen LogP) is 4.87. The first-order valence-corrected chi connectivity index (χ1v) is 9.72. The summed E-state index contributed by atoms with van der Waals surface area (Å²) in [5, 5.41) is 0. The average molecular weight is 396 g/mol. The van der Waals surface area contributed by atoms with Crippen LogP contribution in [0.4, 0.5) is 13.2 Å². The lowest BCUT2D eigenvalue weighted by molar-refractivity contribution is -0.137. The molecule has 28 heavy (non-hydrogen) atoms. The van der Waals surface area contributed by atoms with Gasteiger partial charge < -0.3 is 4.90 Å². The number of rotatable bonds is 5. The number of allylic oxidation sites excluding steroid dienone is 1. The van der Waals surface area contributed by atoms with Crippen molar-refractivity contribution in [1.82, 2.24) is 9.80 Å². The van der Waals surface area contributed by atoms with Crippen LogP contribution >= 0.6 is 0 Å². The molecular formula is C22H31F3N2O. The van der Waals surface area contributed by atoms with Gasteiger partial charge in [-0.1, -0.05) is 37.6 Å². The van der Waals surface area contributed by atoms with Crippen LogP contribution in [-0.4, -0.2) is 47.9 Å². The van der Waals surface area contributed by atoms with Crippen molar-refractivity contribution in [2.45, 2.75) is 58.7 Å². The molecule has 0 saturated carbocycles. The van der Waals surface area contributed by atoms with Crippen molar-refractivity contribution in [3.05, 3.63) is 47.0 Å². The number of hydrogen-bond donors (Lipinski definition) is 0. The number of alkyl halides is 3. The minimum Gasteiger partial charge on any atom is -0.340 e. The predicted molar refractivity (Wildman–Crippen MR) is 106 cm³/mol. The van der Waals surface area contributed by atoms with E-state index >= 15 is 0 Å². The van der Waals surface area contributed by atoms with E-state index in [4.69, 9.17) is 0 Å². The van der Waals surface area contributed by atoms with E-state index in [0.717, 1.165) is 25.1 Å². The van der Waals surface area contributed by atoms with E-state index in [-0.39, 0.29) is 17.4 Å². The highest BCUT2D eigenvalue weighted by Gasteiger charge is 2.33. The Kier molecular flexibility index (Phi) is 6.97. The average Bonchev–Trinajstić information content (AvgIpc) is 2.60. The van der Waals surface area contributed by atoms with Crippen molar-refractivity contribution in [2.75, 3.05) is 26.2 Å². The number of carbonyl (C=O) groups is 1. The van der Waals surface area contributed by atoms with Gasteiger partial charge in [0.15, 0.2) is 0 Å². The molecule has 6 heteroatoms. The van der Waals surface area contributed by atoms with Gasteiger partial charge in [0, 0.05) is 39.1 Å². The summed E-state index contributed by atoms with van der Waals surface area (Å²) < 4.78 is 38.6. The minimum absolute atomic E-state index is 0.100. The molecule has 0 spiro atoms. The second-order valence-corrected chi connectivity index (χ2v) is 8.52. The maximum absolute atomic E-state index is 12.9. The highest BCUT2D eigenvalue weighted by atomic mass is 19.4. The van der Waals surface area contributed by atoms with Crippen LogP contribution in [0.3, 0.4) is 0 Å². The van der Waals surface area contributed by atoms with Crippen molar-refractivity contribution in [1.29, 1.82) is 0 Å². The Hall–Kier alpha value is -1.82. The van der Waals surface area contributed by atoms with E-state index in [1.54, 1.807) is 19.1 Å². The number of benzene rings is 1. The number of piperazine rings is 1. The molecule has 1 aromatic rings. The first kappa shape index (κ1) is 22.5. The quantitative estimate of drug-likeness (QED) is 0.663. The summed E-state index contributed by atoms with van der Waals surface area (Å²) in [5.41, 5.74) is 1.21. The van der Waals surface area contributed by atoms with Gasteiger partial charge in [-0.25, -0.2) is 0 Å². The van der Waals surface area contributed by atoms with E-state index in [1.807, 2.05) is 4.90 Å². The molecule has 1 aromatic carbocycles. The van der Waals surface area contributed by atoms with Crippen molar-refractivity contribution in [3.63, 3.8) is 0 Å². The molecule has 0 bridgehead atoms. The number of hydrogen-bond acceptors (Lipinski definition) is 2. The van der Waals surface area contributed by atoms with Crippen molar-refractivity contribution in [3.8, 4) is 0 Å². The van der Waals surface area contributed by atoms with Crippen LogP contribution in [0.5, 0.6) is 0 Å². The van der Waals surface area contributed by atoms with E-state index in [9.17, 15) is 18.0 Å². The van der Waals surface area contributed by atoms with Crippen LogP contribution < -0.4 is 0 Å². The Labute approximate surface area is 166 Å². The Morgan fingerprint density at radius 2 is 1.50 bits per heavy atom. The maximum Gasteiger partial charge on any atom is 0.416 e. The van der Waals surface area contributed by atoms with Gasteiger partial charge in [0.25, 0.3) is 0 Å². The zero-order valence-electron chi connectivity index (χ0n) is 17.4. The van der Waals surface area contributed by atoms with Crippen LogP contribution in [0.15, 0.2) is 35.9 Å². The van der Waals surface area contributed by atoms with Gasteiger partial charge in [-0.2, -0.15) is 13.2 Å². The molecule has 1 heterocycles. The molecule has 156 valence electrons. The Morgan fingerprint density at radius 1 is 1.00 bits per heavy atom. The summed E-state index contributed by atoms with van der Waals surface area (Å²) in [5.74, 6) is 0.100.